The Morgan fingerprint density at radius 2 is 2.40 bits per heavy atom. The van der Waals surface area contributed by atoms with Gasteiger partial charge in [-0.15, -0.1) is 0 Å². The minimum absolute atomic E-state index is 0.0196. The molecule has 1 amide bonds. The molecule has 6 heteroatoms. The molecule has 1 aliphatic heterocycles. The second-order valence-corrected chi connectivity index (χ2v) is 4.68. The molecule has 2 rings (SSSR count). The fourth-order valence-electron chi connectivity index (χ4n) is 1.16. The zero-order chi connectivity index (χ0) is 11.0. The van der Waals surface area contributed by atoms with Gasteiger partial charge in [-0.2, -0.15) is 0 Å². The van der Waals surface area contributed by atoms with E-state index < -0.39 is 0 Å². The summed E-state index contributed by atoms with van der Waals surface area (Å²) >= 11 is 5.97. The summed E-state index contributed by atoms with van der Waals surface area (Å²) in [5.74, 6) is 0.616. The SMILES string of the molecule is Cc1cc(O)c(/C=C2\SC(=S)NC2=O)o1. The maximum Gasteiger partial charge on any atom is 0.263 e. The smallest absolute Gasteiger partial charge is 0.263 e. The molecule has 0 spiro atoms. The van der Waals surface area contributed by atoms with Crippen LogP contribution in [0.15, 0.2) is 15.4 Å². The molecule has 1 aromatic heterocycles. The van der Waals surface area contributed by atoms with Crippen LogP contribution in [0.4, 0.5) is 0 Å². The first-order chi connectivity index (χ1) is 7.06. The van der Waals surface area contributed by atoms with Gasteiger partial charge in [-0.3, -0.25) is 4.79 Å². The number of carbonyl (C=O) groups excluding carboxylic acids is 1. The van der Waals surface area contributed by atoms with Crippen molar-refractivity contribution >= 4 is 40.3 Å². The maximum atomic E-state index is 11.3. The van der Waals surface area contributed by atoms with E-state index in [-0.39, 0.29) is 17.4 Å². The van der Waals surface area contributed by atoms with Gasteiger partial charge in [-0.05, 0) is 6.92 Å². The molecule has 1 aliphatic rings. The largest absolute Gasteiger partial charge is 0.504 e. The Balaban J connectivity index is 2.34. The van der Waals surface area contributed by atoms with E-state index in [2.05, 4.69) is 5.32 Å². The van der Waals surface area contributed by atoms with Crippen LogP contribution >= 0.6 is 24.0 Å². The summed E-state index contributed by atoms with van der Waals surface area (Å²) in [5, 5.41) is 11.9. The normalized spacial score (nSPS) is 18.6. The van der Waals surface area contributed by atoms with Gasteiger partial charge < -0.3 is 14.8 Å². The molecule has 78 valence electrons. The zero-order valence-corrected chi connectivity index (χ0v) is 9.37. The summed E-state index contributed by atoms with van der Waals surface area (Å²) < 4.78 is 5.61. The van der Waals surface area contributed by atoms with Crippen LogP contribution in [-0.4, -0.2) is 15.3 Å². The van der Waals surface area contributed by atoms with Gasteiger partial charge in [0, 0.05) is 12.1 Å². The Hall–Kier alpha value is -1.27. The Morgan fingerprint density at radius 3 is 2.87 bits per heavy atom. The third-order valence-electron chi connectivity index (χ3n) is 1.77. The van der Waals surface area contributed by atoms with Crippen LogP contribution in [0.3, 0.4) is 0 Å². The molecule has 2 heterocycles. The number of amides is 1. The lowest BCUT2D eigenvalue weighted by Gasteiger charge is -1.90. The second-order valence-electron chi connectivity index (χ2n) is 2.96. The van der Waals surface area contributed by atoms with Gasteiger partial charge in [0.1, 0.15) is 10.1 Å². The maximum absolute atomic E-state index is 11.3. The first-order valence-electron chi connectivity index (χ1n) is 4.10. The number of hydrogen-bond acceptors (Lipinski definition) is 5. The van der Waals surface area contributed by atoms with Gasteiger partial charge in [0.25, 0.3) is 5.91 Å². The van der Waals surface area contributed by atoms with E-state index in [1.807, 2.05) is 0 Å². The minimum Gasteiger partial charge on any atom is -0.504 e. The van der Waals surface area contributed by atoms with Gasteiger partial charge in [-0.25, -0.2) is 0 Å². The molecule has 0 aliphatic carbocycles. The van der Waals surface area contributed by atoms with Crippen molar-refractivity contribution < 1.29 is 14.3 Å². The predicted molar refractivity (Wildman–Crippen MR) is 61.4 cm³/mol. The molecule has 1 saturated heterocycles. The Bertz CT molecular complexity index is 476. The second kappa shape index (κ2) is 3.71. The van der Waals surface area contributed by atoms with Gasteiger partial charge >= 0.3 is 0 Å². The average Bonchev–Trinajstić information content (AvgIpc) is 2.58. The molecule has 0 atom stereocenters. The molecule has 0 radical (unpaired) electrons. The molecular formula is C9H7NO3S2. The van der Waals surface area contributed by atoms with E-state index in [0.29, 0.717) is 15.0 Å². The number of rotatable bonds is 1. The van der Waals surface area contributed by atoms with Crippen LogP contribution in [0.2, 0.25) is 0 Å². The number of aryl methyl sites for hydroxylation is 1. The van der Waals surface area contributed by atoms with Crippen molar-refractivity contribution in [3.63, 3.8) is 0 Å². The Kier molecular flexibility index (Phi) is 2.54. The van der Waals surface area contributed by atoms with E-state index >= 15 is 0 Å². The third-order valence-corrected chi connectivity index (χ3v) is 2.93. The lowest BCUT2D eigenvalue weighted by Crippen LogP contribution is -2.17. The molecule has 1 aromatic rings. The lowest BCUT2D eigenvalue weighted by atomic mass is 10.3. The molecular weight excluding hydrogens is 234 g/mol. The van der Waals surface area contributed by atoms with Crippen LogP contribution < -0.4 is 5.32 Å². The van der Waals surface area contributed by atoms with E-state index in [1.165, 1.54) is 12.1 Å². The lowest BCUT2D eigenvalue weighted by molar-refractivity contribution is -0.115. The molecule has 15 heavy (non-hydrogen) atoms. The zero-order valence-electron chi connectivity index (χ0n) is 7.73. The quantitative estimate of drug-likeness (QED) is 0.579. The van der Waals surface area contributed by atoms with Crippen molar-refractivity contribution in [2.45, 2.75) is 6.92 Å². The highest BCUT2D eigenvalue weighted by Crippen LogP contribution is 2.30. The van der Waals surface area contributed by atoms with E-state index in [0.717, 1.165) is 11.8 Å². The summed E-state index contributed by atoms with van der Waals surface area (Å²) in [4.78, 5) is 11.7. The van der Waals surface area contributed by atoms with Gasteiger partial charge in [0.15, 0.2) is 11.5 Å². The van der Waals surface area contributed by atoms with Crippen LogP contribution in [0.5, 0.6) is 5.75 Å². The Morgan fingerprint density at radius 1 is 1.67 bits per heavy atom. The van der Waals surface area contributed by atoms with E-state index in [1.54, 1.807) is 6.92 Å². The first kappa shape index (κ1) is 10.3. The topological polar surface area (TPSA) is 62.5 Å². The van der Waals surface area contributed by atoms with Crippen LogP contribution in [0, 0.1) is 6.92 Å². The van der Waals surface area contributed by atoms with E-state index in [4.69, 9.17) is 16.6 Å². The van der Waals surface area contributed by atoms with Crippen molar-refractivity contribution in [2.24, 2.45) is 0 Å². The van der Waals surface area contributed by atoms with Gasteiger partial charge in [0.2, 0.25) is 0 Å². The van der Waals surface area contributed by atoms with Crippen molar-refractivity contribution in [2.75, 3.05) is 0 Å². The number of thiocarbonyl (C=S) groups is 1. The molecule has 0 bridgehead atoms. The van der Waals surface area contributed by atoms with Crippen LogP contribution in [0.1, 0.15) is 11.5 Å². The highest BCUT2D eigenvalue weighted by atomic mass is 32.2. The van der Waals surface area contributed by atoms with Crippen molar-refractivity contribution in [1.82, 2.24) is 5.32 Å². The number of hydrogen-bond donors (Lipinski definition) is 2. The number of nitrogens with one attached hydrogen (secondary N) is 1. The monoisotopic (exact) mass is 241 g/mol. The fourth-order valence-corrected chi connectivity index (χ4v) is 2.18. The summed E-state index contributed by atoms with van der Waals surface area (Å²) in [5.41, 5.74) is 0. The van der Waals surface area contributed by atoms with Crippen LogP contribution in [-0.2, 0) is 4.79 Å². The van der Waals surface area contributed by atoms with Crippen molar-refractivity contribution in [3.05, 3.63) is 22.5 Å². The molecule has 2 N–H and O–H groups in total. The highest BCUT2D eigenvalue weighted by molar-refractivity contribution is 8.26. The van der Waals surface area contributed by atoms with Crippen molar-refractivity contribution in [3.8, 4) is 5.75 Å². The average molecular weight is 241 g/mol. The van der Waals surface area contributed by atoms with E-state index in [9.17, 15) is 9.90 Å². The predicted octanol–water partition coefficient (Wildman–Crippen LogP) is 1.78. The molecule has 0 aromatic carbocycles. The molecule has 0 saturated carbocycles. The molecule has 4 nitrogen and oxygen atoms in total. The standard InChI is InChI=1S/C9H7NO3S2/c1-4-2-5(11)6(13-4)3-7-8(12)10-9(14)15-7/h2-3,11H,1H3,(H,10,12,14)/b7-3-. The number of carbonyl (C=O) groups is 1. The number of thioether (sulfide) groups is 1. The van der Waals surface area contributed by atoms with Crippen molar-refractivity contribution in [1.29, 1.82) is 0 Å². The Labute approximate surface area is 95.3 Å². The summed E-state index contributed by atoms with van der Waals surface area (Å²) in [6.07, 6.45) is 1.47. The number of aromatic hydroxyl groups is 1. The third kappa shape index (κ3) is 2.05. The summed E-state index contributed by atoms with van der Waals surface area (Å²) in [6.45, 7) is 1.72. The van der Waals surface area contributed by atoms with Gasteiger partial charge in [0.05, 0.1) is 4.91 Å². The van der Waals surface area contributed by atoms with Crippen LogP contribution in [0.25, 0.3) is 6.08 Å². The summed E-state index contributed by atoms with van der Waals surface area (Å²) in [6, 6.07) is 1.49. The number of furan rings is 1. The highest BCUT2D eigenvalue weighted by Gasteiger charge is 2.23. The fraction of sp³-hybridized carbons (Fsp3) is 0.111. The first-order valence-corrected chi connectivity index (χ1v) is 5.33. The summed E-state index contributed by atoms with van der Waals surface area (Å²) in [7, 11) is 0. The molecule has 1 fully saturated rings. The van der Waals surface area contributed by atoms with Gasteiger partial charge in [-0.1, -0.05) is 24.0 Å². The molecule has 0 unspecified atom stereocenters. The minimum atomic E-state index is -0.265.